The van der Waals surface area contributed by atoms with Gasteiger partial charge in [0.15, 0.2) is 6.61 Å². The molecule has 0 saturated heterocycles. The van der Waals surface area contributed by atoms with Crippen LogP contribution in [0.25, 0.3) is 0 Å². The third-order valence-corrected chi connectivity index (χ3v) is 3.43. The normalized spacial score (nSPS) is 10.5. The number of carbonyl (C=O) groups excluding carboxylic acids is 2. The number of primary amides is 1. The fraction of sp³-hybridized carbons (Fsp3) is 0.167. The van der Waals surface area contributed by atoms with Crippen LogP contribution in [0.1, 0.15) is 16.7 Å². The second-order valence-electron chi connectivity index (χ2n) is 5.44. The van der Waals surface area contributed by atoms with Gasteiger partial charge in [0.25, 0.3) is 5.91 Å². The summed E-state index contributed by atoms with van der Waals surface area (Å²) in [6, 6.07) is 11.9. The third-order valence-electron chi connectivity index (χ3n) is 3.43. The molecule has 0 aromatic heterocycles. The van der Waals surface area contributed by atoms with Gasteiger partial charge in [-0.2, -0.15) is 5.10 Å². The Morgan fingerprint density at radius 3 is 2.48 bits per heavy atom. The molecule has 7 heteroatoms. The molecule has 25 heavy (non-hydrogen) atoms. The van der Waals surface area contributed by atoms with E-state index in [-0.39, 0.29) is 12.5 Å². The molecule has 0 saturated carbocycles. The van der Waals surface area contributed by atoms with Gasteiger partial charge in [0.1, 0.15) is 5.75 Å². The van der Waals surface area contributed by atoms with E-state index in [2.05, 4.69) is 15.8 Å². The predicted molar refractivity (Wildman–Crippen MR) is 96.8 cm³/mol. The summed E-state index contributed by atoms with van der Waals surface area (Å²) < 4.78 is 5.45. The maximum Gasteiger partial charge on any atom is 0.332 e. The molecule has 2 aromatic rings. The standard InChI is InChI=1S/C18H20N4O3/c1-12-3-6-15(9-13(12)2)21-17(23)11-25-16-7-4-14(5-8-16)10-20-22-18(19)24/h3-10H,11H2,1-2H3,(H,21,23)(H3,19,22,24)/b20-10+. The van der Waals surface area contributed by atoms with Gasteiger partial charge in [-0.1, -0.05) is 6.07 Å². The lowest BCUT2D eigenvalue weighted by atomic mass is 10.1. The largest absolute Gasteiger partial charge is 0.484 e. The Morgan fingerprint density at radius 2 is 1.84 bits per heavy atom. The highest BCUT2D eigenvalue weighted by atomic mass is 16.5. The summed E-state index contributed by atoms with van der Waals surface area (Å²) in [7, 11) is 0. The van der Waals surface area contributed by atoms with Gasteiger partial charge in [-0.25, -0.2) is 10.2 Å². The first-order valence-corrected chi connectivity index (χ1v) is 7.62. The van der Waals surface area contributed by atoms with Crippen molar-refractivity contribution in [2.45, 2.75) is 13.8 Å². The molecule has 4 N–H and O–H groups in total. The van der Waals surface area contributed by atoms with E-state index in [9.17, 15) is 9.59 Å². The summed E-state index contributed by atoms with van der Waals surface area (Å²) in [6.07, 6.45) is 1.45. The highest BCUT2D eigenvalue weighted by molar-refractivity contribution is 5.92. The molecule has 2 aromatic carbocycles. The lowest BCUT2D eigenvalue weighted by Gasteiger charge is -2.09. The molecule has 0 heterocycles. The number of nitrogens with two attached hydrogens (primary N) is 1. The monoisotopic (exact) mass is 340 g/mol. The second-order valence-corrected chi connectivity index (χ2v) is 5.44. The number of amides is 3. The SMILES string of the molecule is Cc1ccc(NC(=O)COc2ccc(/C=N/NC(N)=O)cc2)cc1C. The van der Waals surface area contributed by atoms with E-state index in [4.69, 9.17) is 10.5 Å². The molecule has 0 atom stereocenters. The van der Waals surface area contributed by atoms with Gasteiger partial charge in [0.2, 0.25) is 0 Å². The Hall–Kier alpha value is -3.35. The zero-order valence-electron chi connectivity index (χ0n) is 14.1. The van der Waals surface area contributed by atoms with Gasteiger partial charge < -0.3 is 15.8 Å². The van der Waals surface area contributed by atoms with E-state index in [1.54, 1.807) is 24.3 Å². The minimum absolute atomic E-state index is 0.0937. The van der Waals surface area contributed by atoms with Gasteiger partial charge in [0, 0.05) is 5.69 Å². The number of rotatable bonds is 6. The average Bonchev–Trinajstić information content (AvgIpc) is 2.57. The van der Waals surface area contributed by atoms with Crippen LogP contribution < -0.4 is 21.2 Å². The number of aryl methyl sites for hydroxylation is 2. The smallest absolute Gasteiger partial charge is 0.332 e. The summed E-state index contributed by atoms with van der Waals surface area (Å²) in [5.41, 5.74) is 10.8. The van der Waals surface area contributed by atoms with E-state index in [1.165, 1.54) is 11.8 Å². The first-order valence-electron chi connectivity index (χ1n) is 7.62. The van der Waals surface area contributed by atoms with E-state index >= 15 is 0 Å². The molecular weight excluding hydrogens is 320 g/mol. The summed E-state index contributed by atoms with van der Waals surface area (Å²) >= 11 is 0. The van der Waals surface area contributed by atoms with Crippen LogP contribution in [0.2, 0.25) is 0 Å². The lowest BCUT2D eigenvalue weighted by molar-refractivity contribution is -0.118. The molecule has 0 spiro atoms. The summed E-state index contributed by atoms with van der Waals surface area (Å²) in [5, 5.41) is 6.44. The maximum absolute atomic E-state index is 11.9. The van der Waals surface area contributed by atoms with Crippen LogP contribution >= 0.6 is 0 Å². The number of ether oxygens (including phenoxy) is 1. The number of urea groups is 1. The Morgan fingerprint density at radius 1 is 1.12 bits per heavy atom. The molecule has 2 rings (SSSR count). The van der Waals surface area contributed by atoms with Crippen molar-refractivity contribution in [3.63, 3.8) is 0 Å². The van der Waals surface area contributed by atoms with Crippen molar-refractivity contribution < 1.29 is 14.3 Å². The first-order chi connectivity index (χ1) is 11.9. The molecule has 0 unspecified atom stereocenters. The lowest BCUT2D eigenvalue weighted by Crippen LogP contribution is -2.24. The summed E-state index contributed by atoms with van der Waals surface area (Å²) in [4.78, 5) is 22.4. The molecule has 0 aliphatic heterocycles. The molecule has 0 aliphatic carbocycles. The first kappa shape index (κ1) is 18.0. The molecule has 0 bridgehead atoms. The summed E-state index contributed by atoms with van der Waals surface area (Å²) in [5.74, 6) is 0.315. The molecule has 7 nitrogen and oxygen atoms in total. The van der Waals surface area contributed by atoms with Crippen LogP contribution in [0.3, 0.4) is 0 Å². The molecule has 130 valence electrons. The Bertz CT molecular complexity index is 785. The quantitative estimate of drug-likeness (QED) is 0.555. The minimum Gasteiger partial charge on any atom is -0.484 e. The van der Waals surface area contributed by atoms with Crippen molar-refractivity contribution in [3.05, 3.63) is 59.2 Å². The van der Waals surface area contributed by atoms with Crippen LogP contribution in [-0.2, 0) is 4.79 Å². The van der Waals surface area contributed by atoms with Crippen LogP contribution in [0.4, 0.5) is 10.5 Å². The molecular formula is C18H20N4O3. The highest BCUT2D eigenvalue weighted by Gasteiger charge is 2.05. The van der Waals surface area contributed by atoms with Gasteiger partial charge >= 0.3 is 6.03 Å². The second kappa shape index (κ2) is 8.49. The van der Waals surface area contributed by atoms with Crippen LogP contribution in [0, 0.1) is 13.8 Å². The number of anilines is 1. The Labute approximate surface area is 145 Å². The van der Waals surface area contributed by atoms with Gasteiger partial charge in [-0.05, 0) is 66.9 Å². The van der Waals surface area contributed by atoms with Gasteiger partial charge in [-0.15, -0.1) is 0 Å². The number of hydrogen-bond donors (Lipinski definition) is 3. The molecule has 3 amide bonds. The van der Waals surface area contributed by atoms with Crippen LogP contribution in [-0.4, -0.2) is 24.8 Å². The zero-order chi connectivity index (χ0) is 18.2. The topological polar surface area (TPSA) is 106 Å². The number of hydrogen-bond acceptors (Lipinski definition) is 4. The number of benzene rings is 2. The van der Waals surface area contributed by atoms with Crippen molar-refractivity contribution in [1.82, 2.24) is 5.43 Å². The number of carbonyl (C=O) groups is 2. The van der Waals surface area contributed by atoms with Crippen molar-refractivity contribution in [2.75, 3.05) is 11.9 Å². The van der Waals surface area contributed by atoms with E-state index in [0.717, 1.165) is 16.8 Å². The fourth-order valence-electron chi connectivity index (χ4n) is 1.99. The molecule has 0 radical (unpaired) electrons. The Kier molecular flexibility index (Phi) is 6.11. The fourth-order valence-corrected chi connectivity index (χ4v) is 1.99. The van der Waals surface area contributed by atoms with Crippen molar-refractivity contribution in [3.8, 4) is 5.75 Å². The minimum atomic E-state index is -0.731. The zero-order valence-corrected chi connectivity index (χ0v) is 14.1. The van der Waals surface area contributed by atoms with E-state index < -0.39 is 6.03 Å². The van der Waals surface area contributed by atoms with Crippen LogP contribution in [0.5, 0.6) is 5.75 Å². The van der Waals surface area contributed by atoms with Crippen molar-refractivity contribution in [1.29, 1.82) is 0 Å². The maximum atomic E-state index is 11.9. The number of nitrogens with zero attached hydrogens (tertiary/aromatic N) is 1. The predicted octanol–water partition coefficient (Wildman–Crippen LogP) is 2.32. The van der Waals surface area contributed by atoms with Crippen molar-refractivity contribution >= 4 is 23.8 Å². The van der Waals surface area contributed by atoms with Crippen LogP contribution in [0.15, 0.2) is 47.6 Å². The van der Waals surface area contributed by atoms with Crippen molar-refractivity contribution in [2.24, 2.45) is 10.8 Å². The number of hydrazone groups is 1. The third kappa shape index (κ3) is 5.98. The molecule has 0 aliphatic rings. The van der Waals surface area contributed by atoms with E-state index in [0.29, 0.717) is 5.75 Å². The van der Waals surface area contributed by atoms with Gasteiger partial charge in [-0.3, -0.25) is 4.79 Å². The highest BCUT2D eigenvalue weighted by Crippen LogP contribution is 2.15. The summed E-state index contributed by atoms with van der Waals surface area (Å²) in [6.45, 7) is 3.91. The van der Waals surface area contributed by atoms with E-state index in [1.807, 2.05) is 32.0 Å². The van der Waals surface area contributed by atoms with Gasteiger partial charge in [0.05, 0.1) is 6.21 Å². The number of nitrogens with one attached hydrogen (secondary N) is 2. The Balaban J connectivity index is 1.84. The average molecular weight is 340 g/mol. The molecule has 0 fully saturated rings.